The lowest BCUT2D eigenvalue weighted by molar-refractivity contribution is 0.478. The molecule has 0 fully saturated rings. The number of hydrogen-bond acceptors (Lipinski definition) is 4. The lowest BCUT2D eigenvalue weighted by Crippen LogP contribution is -1.83. The molecule has 0 unspecified atom stereocenters. The van der Waals surface area contributed by atoms with E-state index in [9.17, 15) is 0 Å². The Balaban J connectivity index is 0.000000160. The first-order chi connectivity index (χ1) is 7.61. The van der Waals surface area contributed by atoms with Crippen molar-refractivity contribution in [1.82, 2.24) is 0 Å². The van der Waals surface area contributed by atoms with Gasteiger partial charge in [0.2, 0.25) is 0 Å². The zero-order valence-corrected chi connectivity index (χ0v) is 9.56. The van der Waals surface area contributed by atoms with Crippen molar-refractivity contribution < 1.29 is 5.11 Å². The minimum atomic E-state index is 0.146. The third kappa shape index (κ3) is 3.74. The van der Waals surface area contributed by atoms with Gasteiger partial charge in [-0.15, -0.1) is 12.6 Å². The minimum absolute atomic E-state index is 0.146. The SMILES string of the molecule is Nc1ccccc1O.Nc1ccccc1S. The van der Waals surface area contributed by atoms with Crippen LogP contribution in [0.4, 0.5) is 11.4 Å². The number of aromatic hydroxyl groups is 1. The second-order valence-electron chi connectivity index (χ2n) is 3.12. The number of nitrogens with two attached hydrogens (primary N) is 2. The quantitative estimate of drug-likeness (QED) is 0.321. The number of hydrogen-bond donors (Lipinski definition) is 4. The number of phenolic OH excluding ortho intramolecular Hbond substituents is 1. The number of phenols is 1. The highest BCUT2D eigenvalue weighted by Gasteiger charge is 1.87. The van der Waals surface area contributed by atoms with E-state index in [1.165, 1.54) is 0 Å². The van der Waals surface area contributed by atoms with Gasteiger partial charge in [-0.1, -0.05) is 24.3 Å². The zero-order valence-electron chi connectivity index (χ0n) is 8.67. The average Bonchev–Trinajstić information content (AvgIpc) is 2.28. The van der Waals surface area contributed by atoms with Gasteiger partial charge in [-0.2, -0.15) is 0 Å². The van der Waals surface area contributed by atoms with Crippen molar-refractivity contribution in [3.63, 3.8) is 0 Å². The maximum Gasteiger partial charge on any atom is 0.138 e. The van der Waals surface area contributed by atoms with E-state index in [-0.39, 0.29) is 5.75 Å². The molecule has 0 amide bonds. The van der Waals surface area contributed by atoms with Gasteiger partial charge < -0.3 is 16.6 Å². The van der Waals surface area contributed by atoms with Crippen LogP contribution in [0.2, 0.25) is 0 Å². The van der Waals surface area contributed by atoms with Gasteiger partial charge in [-0.25, -0.2) is 0 Å². The van der Waals surface area contributed by atoms with E-state index in [2.05, 4.69) is 12.6 Å². The summed E-state index contributed by atoms with van der Waals surface area (Å²) in [6, 6.07) is 14.2. The van der Waals surface area contributed by atoms with Crippen LogP contribution in [-0.4, -0.2) is 5.11 Å². The molecule has 0 saturated carbocycles. The Morgan fingerprint density at radius 3 is 1.62 bits per heavy atom. The number of benzene rings is 2. The molecule has 2 aromatic carbocycles. The molecule has 4 heteroatoms. The molecule has 2 rings (SSSR count). The van der Waals surface area contributed by atoms with Gasteiger partial charge in [-0.3, -0.25) is 0 Å². The number of anilines is 2. The Labute approximate surface area is 100 Å². The molecule has 0 saturated heterocycles. The van der Waals surface area contributed by atoms with Crippen LogP contribution < -0.4 is 11.5 Å². The molecule has 0 aliphatic carbocycles. The van der Waals surface area contributed by atoms with Gasteiger partial charge in [0, 0.05) is 10.6 Å². The van der Waals surface area contributed by atoms with Crippen LogP contribution in [0.15, 0.2) is 53.4 Å². The first kappa shape index (κ1) is 12.3. The predicted octanol–water partition coefficient (Wildman–Crippen LogP) is 2.53. The monoisotopic (exact) mass is 234 g/mol. The maximum absolute atomic E-state index is 8.79. The Bertz CT molecular complexity index is 375. The van der Waals surface area contributed by atoms with E-state index in [0.29, 0.717) is 5.69 Å². The Morgan fingerprint density at radius 2 is 1.31 bits per heavy atom. The van der Waals surface area contributed by atoms with Gasteiger partial charge >= 0.3 is 0 Å². The molecular formula is C12H14N2OS. The van der Waals surface area contributed by atoms with Crippen LogP contribution >= 0.6 is 12.6 Å². The van der Waals surface area contributed by atoms with Crippen LogP contribution in [0.5, 0.6) is 5.75 Å². The summed E-state index contributed by atoms with van der Waals surface area (Å²) in [5, 5.41) is 8.79. The van der Waals surface area contributed by atoms with Crippen molar-refractivity contribution in [3.8, 4) is 5.75 Å². The van der Waals surface area contributed by atoms with Crippen LogP contribution in [0.25, 0.3) is 0 Å². The van der Waals surface area contributed by atoms with E-state index in [0.717, 1.165) is 10.6 Å². The fourth-order valence-electron chi connectivity index (χ4n) is 0.975. The summed E-state index contributed by atoms with van der Waals surface area (Å²) in [5.41, 5.74) is 11.9. The standard InChI is InChI=1S/C6H7NO.C6H7NS/c2*7-5-3-1-2-4-6(5)8/h2*1-4,8H,7H2. The van der Waals surface area contributed by atoms with Gasteiger partial charge in [-0.05, 0) is 24.3 Å². The van der Waals surface area contributed by atoms with Gasteiger partial charge in [0.1, 0.15) is 5.75 Å². The highest BCUT2D eigenvalue weighted by Crippen LogP contribution is 2.16. The fraction of sp³-hybridized carbons (Fsp3) is 0. The number of rotatable bonds is 0. The minimum Gasteiger partial charge on any atom is -0.506 e. The molecule has 2 aromatic rings. The second kappa shape index (κ2) is 5.92. The highest BCUT2D eigenvalue weighted by molar-refractivity contribution is 7.80. The smallest absolute Gasteiger partial charge is 0.138 e. The second-order valence-corrected chi connectivity index (χ2v) is 3.60. The Hall–Kier alpha value is -1.81. The van der Waals surface area contributed by atoms with Gasteiger partial charge in [0.05, 0.1) is 5.69 Å². The topological polar surface area (TPSA) is 72.3 Å². The summed E-state index contributed by atoms with van der Waals surface area (Å²) >= 11 is 4.07. The Kier molecular flexibility index (Phi) is 4.54. The summed E-state index contributed by atoms with van der Waals surface area (Å²) < 4.78 is 0. The first-order valence-corrected chi connectivity index (χ1v) is 5.13. The van der Waals surface area contributed by atoms with E-state index in [1.807, 2.05) is 24.3 Å². The van der Waals surface area contributed by atoms with Gasteiger partial charge in [0.25, 0.3) is 0 Å². The van der Waals surface area contributed by atoms with Crippen LogP contribution in [-0.2, 0) is 0 Å². The van der Waals surface area contributed by atoms with Crippen LogP contribution in [0, 0.1) is 0 Å². The third-order valence-corrected chi connectivity index (χ3v) is 2.28. The van der Waals surface area contributed by atoms with Crippen molar-refractivity contribution >= 4 is 24.0 Å². The van der Waals surface area contributed by atoms with E-state index in [4.69, 9.17) is 16.6 Å². The lowest BCUT2D eigenvalue weighted by atomic mass is 10.3. The first-order valence-electron chi connectivity index (χ1n) is 4.68. The average molecular weight is 234 g/mol. The molecule has 0 aromatic heterocycles. The van der Waals surface area contributed by atoms with Crippen molar-refractivity contribution in [3.05, 3.63) is 48.5 Å². The summed E-state index contributed by atoms with van der Waals surface area (Å²) in [4.78, 5) is 0.840. The molecule has 0 radical (unpaired) electrons. The summed E-state index contributed by atoms with van der Waals surface area (Å²) in [7, 11) is 0. The molecular weight excluding hydrogens is 220 g/mol. The van der Waals surface area contributed by atoms with Crippen molar-refractivity contribution in [2.75, 3.05) is 11.5 Å². The normalized spacial score (nSPS) is 9.06. The molecule has 84 valence electrons. The van der Waals surface area contributed by atoms with E-state index in [1.54, 1.807) is 24.3 Å². The molecule has 5 N–H and O–H groups in total. The van der Waals surface area contributed by atoms with Gasteiger partial charge in [0.15, 0.2) is 0 Å². The Morgan fingerprint density at radius 1 is 0.812 bits per heavy atom. The molecule has 0 atom stereocenters. The molecule has 0 spiro atoms. The van der Waals surface area contributed by atoms with Crippen molar-refractivity contribution in [2.24, 2.45) is 0 Å². The number of thiol groups is 1. The highest BCUT2D eigenvalue weighted by atomic mass is 32.1. The number of nitrogen functional groups attached to an aromatic ring is 2. The molecule has 16 heavy (non-hydrogen) atoms. The molecule has 3 nitrogen and oxygen atoms in total. The molecule has 0 aliphatic rings. The molecule has 0 aliphatic heterocycles. The summed E-state index contributed by atoms with van der Waals surface area (Å²) in [6.07, 6.45) is 0. The maximum atomic E-state index is 8.79. The molecule has 0 heterocycles. The van der Waals surface area contributed by atoms with E-state index < -0.39 is 0 Å². The molecule has 0 bridgehead atoms. The van der Waals surface area contributed by atoms with Crippen LogP contribution in [0.1, 0.15) is 0 Å². The summed E-state index contributed by atoms with van der Waals surface area (Å²) in [6.45, 7) is 0. The van der Waals surface area contributed by atoms with E-state index >= 15 is 0 Å². The lowest BCUT2D eigenvalue weighted by Gasteiger charge is -1.92. The van der Waals surface area contributed by atoms with Crippen molar-refractivity contribution in [2.45, 2.75) is 4.90 Å². The summed E-state index contributed by atoms with van der Waals surface area (Å²) in [5.74, 6) is 0.146. The predicted molar refractivity (Wildman–Crippen MR) is 70.6 cm³/mol. The number of para-hydroxylation sites is 3. The van der Waals surface area contributed by atoms with Crippen LogP contribution in [0.3, 0.4) is 0 Å². The third-order valence-electron chi connectivity index (χ3n) is 1.87. The van der Waals surface area contributed by atoms with Crippen molar-refractivity contribution in [1.29, 1.82) is 0 Å². The zero-order chi connectivity index (χ0) is 12.0. The largest absolute Gasteiger partial charge is 0.506 e. The fourth-order valence-corrected chi connectivity index (χ4v) is 1.14.